The minimum atomic E-state index is 0.169. The normalized spacial score (nSPS) is 22.5. The van der Waals surface area contributed by atoms with E-state index in [4.69, 9.17) is 5.73 Å². The van der Waals surface area contributed by atoms with E-state index >= 15 is 0 Å². The lowest BCUT2D eigenvalue weighted by Gasteiger charge is -2.39. The van der Waals surface area contributed by atoms with Crippen molar-refractivity contribution in [2.24, 2.45) is 11.1 Å². The Morgan fingerprint density at radius 3 is 3.05 bits per heavy atom. The molecule has 3 rings (SSSR count). The van der Waals surface area contributed by atoms with Crippen LogP contribution in [0.3, 0.4) is 0 Å². The summed E-state index contributed by atoms with van der Waals surface area (Å²) in [5.41, 5.74) is 8.38. The van der Waals surface area contributed by atoms with Gasteiger partial charge in [-0.1, -0.05) is 30.7 Å². The number of hydrogen-bond acceptors (Lipinski definition) is 4. The molecule has 1 atom stereocenters. The number of anilines is 1. The van der Waals surface area contributed by atoms with Crippen LogP contribution in [-0.2, 0) is 0 Å². The van der Waals surface area contributed by atoms with Gasteiger partial charge in [0.25, 0.3) is 0 Å². The molecule has 0 spiro atoms. The highest BCUT2D eigenvalue weighted by atomic mass is 15.4. The molecule has 5 heteroatoms. The van der Waals surface area contributed by atoms with Crippen LogP contribution in [0.15, 0.2) is 24.3 Å². The van der Waals surface area contributed by atoms with Gasteiger partial charge in [0.15, 0.2) is 5.82 Å². The number of piperidine rings is 1. The molecule has 1 aromatic carbocycles. The zero-order valence-electron chi connectivity index (χ0n) is 12.8. The number of aryl methyl sites for hydroxylation is 1. The van der Waals surface area contributed by atoms with Crippen LogP contribution >= 0.6 is 0 Å². The Bertz CT molecular complexity index is 621. The fourth-order valence-corrected chi connectivity index (χ4v) is 2.97. The molecule has 21 heavy (non-hydrogen) atoms. The van der Waals surface area contributed by atoms with Crippen molar-refractivity contribution in [3.05, 3.63) is 29.8 Å². The molecular weight excluding hydrogens is 262 g/mol. The fraction of sp³-hybridized carbons (Fsp3) is 0.500. The molecule has 5 nitrogen and oxygen atoms in total. The van der Waals surface area contributed by atoms with E-state index in [-0.39, 0.29) is 5.41 Å². The molecule has 112 valence electrons. The number of rotatable bonds is 3. The van der Waals surface area contributed by atoms with Crippen LogP contribution in [0.1, 0.15) is 25.3 Å². The van der Waals surface area contributed by atoms with E-state index < -0.39 is 0 Å². The first kappa shape index (κ1) is 14.1. The van der Waals surface area contributed by atoms with Crippen LogP contribution in [0, 0.1) is 12.3 Å². The molecule has 0 amide bonds. The van der Waals surface area contributed by atoms with Gasteiger partial charge in [-0.2, -0.15) is 4.98 Å². The molecule has 2 aromatic rings. The van der Waals surface area contributed by atoms with Gasteiger partial charge in [0.05, 0.1) is 0 Å². The third-order valence-corrected chi connectivity index (χ3v) is 4.32. The molecule has 1 aliphatic rings. The molecule has 1 unspecified atom stereocenters. The number of benzene rings is 1. The van der Waals surface area contributed by atoms with Gasteiger partial charge < -0.3 is 10.6 Å². The Hall–Kier alpha value is -1.88. The average molecular weight is 285 g/mol. The van der Waals surface area contributed by atoms with E-state index in [0.29, 0.717) is 6.54 Å². The molecule has 0 radical (unpaired) electrons. The van der Waals surface area contributed by atoms with Crippen LogP contribution in [0.4, 0.5) is 5.95 Å². The lowest BCUT2D eigenvalue weighted by Crippen LogP contribution is -2.46. The Morgan fingerprint density at radius 1 is 1.43 bits per heavy atom. The van der Waals surface area contributed by atoms with Crippen molar-refractivity contribution in [3.8, 4) is 11.4 Å². The summed E-state index contributed by atoms with van der Waals surface area (Å²) in [7, 11) is 0. The number of aromatic amines is 1. The van der Waals surface area contributed by atoms with Crippen LogP contribution in [0.25, 0.3) is 11.4 Å². The topological polar surface area (TPSA) is 70.8 Å². The van der Waals surface area contributed by atoms with Crippen molar-refractivity contribution in [1.29, 1.82) is 0 Å². The van der Waals surface area contributed by atoms with Crippen molar-refractivity contribution < 1.29 is 0 Å². The van der Waals surface area contributed by atoms with Gasteiger partial charge in [-0.15, -0.1) is 5.10 Å². The third-order valence-electron chi connectivity index (χ3n) is 4.32. The van der Waals surface area contributed by atoms with Gasteiger partial charge >= 0.3 is 0 Å². The Kier molecular flexibility index (Phi) is 3.68. The molecule has 1 aliphatic heterocycles. The van der Waals surface area contributed by atoms with Gasteiger partial charge in [-0.25, -0.2) is 0 Å². The number of nitrogens with zero attached hydrogens (tertiary/aromatic N) is 3. The monoisotopic (exact) mass is 285 g/mol. The van der Waals surface area contributed by atoms with E-state index in [1.54, 1.807) is 0 Å². The Labute approximate surface area is 125 Å². The summed E-state index contributed by atoms with van der Waals surface area (Å²) in [5, 5.41) is 7.45. The highest BCUT2D eigenvalue weighted by Crippen LogP contribution is 2.30. The largest absolute Gasteiger partial charge is 0.339 e. The first-order chi connectivity index (χ1) is 10.1. The van der Waals surface area contributed by atoms with Crippen LogP contribution in [0.5, 0.6) is 0 Å². The number of nitrogens with one attached hydrogen (secondary N) is 1. The second-order valence-corrected chi connectivity index (χ2v) is 6.39. The first-order valence-corrected chi connectivity index (χ1v) is 7.54. The molecule has 1 saturated heterocycles. The Balaban J connectivity index is 1.82. The summed E-state index contributed by atoms with van der Waals surface area (Å²) >= 11 is 0. The standard InChI is InChI=1S/C16H23N5/c1-12-5-3-6-13(9-12)14-18-15(20-19-14)21-8-4-7-16(2,10-17)11-21/h3,5-6,9H,4,7-8,10-11,17H2,1-2H3,(H,18,19,20). The van der Waals surface area contributed by atoms with Crippen molar-refractivity contribution >= 4 is 5.95 Å². The van der Waals surface area contributed by atoms with Crippen molar-refractivity contribution in [3.63, 3.8) is 0 Å². The molecule has 0 aliphatic carbocycles. The minimum Gasteiger partial charge on any atom is -0.339 e. The molecule has 1 fully saturated rings. The predicted molar refractivity (Wildman–Crippen MR) is 85.2 cm³/mol. The first-order valence-electron chi connectivity index (χ1n) is 7.54. The predicted octanol–water partition coefficient (Wildman–Crippen LogP) is 2.35. The van der Waals surface area contributed by atoms with E-state index in [0.717, 1.165) is 36.8 Å². The van der Waals surface area contributed by atoms with Crippen molar-refractivity contribution in [2.75, 3.05) is 24.5 Å². The van der Waals surface area contributed by atoms with Crippen LogP contribution < -0.4 is 10.6 Å². The highest BCUT2D eigenvalue weighted by molar-refractivity contribution is 5.57. The van der Waals surface area contributed by atoms with Crippen LogP contribution in [-0.4, -0.2) is 34.8 Å². The van der Waals surface area contributed by atoms with Crippen LogP contribution in [0.2, 0.25) is 0 Å². The summed E-state index contributed by atoms with van der Waals surface area (Å²) in [6.07, 6.45) is 2.32. The molecule has 0 bridgehead atoms. The summed E-state index contributed by atoms with van der Waals surface area (Å²) in [5.74, 6) is 1.61. The van der Waals surface area contributed by atoms with Gasteiger partial charge in [-0.3, -0.25) is 5.10 Å². The highest BCUT2D eigenvalue weighted by Gasteiger charge is 2.31. The zero-order valence-corrected chi connectivity index (χ0v) is 12.8. The number of aromatic nitrogens is 3. The number of hydrogen-bond donors (Lipinski definition) is 2. The smallest absolute Gasteiger partial charge is 0.245 e. The SMILES string of the molecule is Cc1cccc(-c2nc(N3CCCC(C)(CN)C3)n[nH]2)c1. The number of H-pyrrole nitrogens is 1. The van der Waals surface area contributed by atoms with E-state index in [2.05, 4.69) is 52.1 Å². The molecule has 3 N–H and O–H groups in total. The third kappa shape index (κ3) is 2.93. The van der Waals surface area contributed by atoms with Gasteiger partial charge in [-0.05, 0) is 37.8 Å². The molecule has 2 heterocycles. The quantitative estimate of drug-likeness (QED) is 0.908. The lowest BCUT2D eigenvalue weighted by atomic mass is 9.82. The fourth-order valence-electron chi connectivity index (χ4n) is 2.97. The minimum absolute atomic E-state index is 0.169. The average Bonchev–Trinajstić information content (AvgIpc) is 2.97. The van der Waals surface area contributed by atoms with E-state index in [9.17, 15) is 0 Å². The summed E-state index contributed by atoms with van der Waals surface area (Å²) < 4.78 is 0. The van der Waals surface area contributed by atoms with E-state index in [1.807, 2.05) is 6.07 Å². The van der Waals surface area contributed by atoms with Gasteiger partial charge in [0, 0.05) is 18.7 Å². The molecule has 1 aromatic heterocycles. The zero-order chi connectivity index (χ0) is 14.9. The summed E-state index contributed by atoms with van der Waals surface area (Å²) in [4.78, 5) is 6.91. The number of nitrogens with two attached hydrogens (primary N) is 1. The van der Waals surface area contributed by atoms with Crippen molar-refractivity contribution in [2.45, 2.75) is 26.7 Å². The van der Waals surface area contributed by atoms with Gasteiger partial charge in [0.1, 0.15) is 0 Å². The maximum atomic E-state index is 5.92. The van der Waals surface area contributed by atoms with Crippen molar-refractivity contribution in [1.82, 2.24) is 15.2 Å². The van der Waals surface area contributed by atoms with E-state index in [1.165, 1.54) is 12.0 Å². The molecule has 0 saturated carbocycles. The summed E-state index contributed by atoms with van der Waals surface area (Å²) in [6.45, 7) is 6.96. The van der Waals surface area contributed by atoms with Gasteiger partial charge in [0.2, 0.25) is 5.95 Å². The Morgan fingerprint density at radius 2 is 2.29 bits per heavy atom. The maximum Gasteiger partial charge on any atom is 0.245 e. The maximum absolute atomic E-state index is 5.92. The lowest BCUT2D eigenvalue weighted by molar-refractivity contribution is 0.270. The second-order valence-electron chi connectivity index (χ2n) is 6.39. The molecular formula is C16H23N5. The second kappa shape index (κ2) is 5.48. The summed E-state index contributed by atoms with van der Waals surface area (Å²) in [6, 6.07) is 8.29.